The van der Waals surface area contributed by atoms with Crippen molar-refractivity contribution in [1.29, 1.82) is 0 Å². The van der Waals surface area contributed by atoms with E-state index in [1.807, 2.05) is 58.3 Å². The second kappa shape index (κ2) is 12.7. The van der Waals surface area contributed by atoms with Crippen LogP contribution in [0.4, 0.5) is 14.9 Å². The van der Waals surface area contributed by atoms with Gasteiger partial charge in [-0.05, 0) is 73.1 Å². The number of halogens is 1. The van der Waals surface area contributed by atoms with Crippen molar-refractivity contribution < 1.29 is 23.6 Å². The maximum absolute atomic E-state index is 14.1. The Morgan fingerprint density at radius 1 is 0.951 bits per heavy atom. The molecular formula is C33H38FN3O4. The van der Waals surface area contributed by atoms with Crippen molar-refractivity contribution in [2.45, 2.75) is 44.2 Å². The molecule has 2 fully saturated rings. The molecule has 0 aromatic heterocycles. The van der Waals surface area contributed by atoms with Gasteiger partial charge in [0.25, 0.3) is 0 Å². The summed E-state index contributed by atoms with van der Waals surface area (Å²) in [6, 6.07) is 25.4. The number of anilines is 1. The molecule has 3 aromatic carbocycles. The van der Waals surface area contributed by atoms with Crippen LogP contribution in [0.25, 0.3) is 0 Å². The van der Waals surface area contributed by atoms with Gasteiger partial charge in [0.1, 0.15) is 11.6 Å². The Labute approximate surface area is 241 Å². The number of carbonyl (C=O) groups excluding carboxylic acids is 2. The second-order valence-electron chi connectivity index (χ2n) is 10.9. The highest BCUT2D eigenvalue weighted by molar-refractivity contribution is 5.96. The fraction of sp³-hybridized carbons (Fsp3) is 0.394. The molecule has 8 heteroatoms. The molecule has 216 valence electrons. The molecule has 0 unspecified atom stereocenters. The molecule has 0 radical (unpaired) electrons. The quantitative estimate of drug-likeness (QED) is 0.234. The molecule has 1 aliphatic heterocycles. The Kier molecular flexibility index (Phi) is 8.88. The predicted molar refractivity (Wildman–Crippen MR) is 156 cm³/mol. The van der Waals surface area contributed by atoms with Crippen LogP contribution in [0.3, 0.4) is 0 Å². The second-order valence-corrected chi connectivity index (χ2v) is 10.9. The predicted octanol–water partition coefficient (Wildman–Crippen LogP) is 6.12. The number of hydrogen-bond donors (Lipinski definition) is 0. The minimum Gasteiger partial charge on any atom is -0.494 e. The lowest BCUT2D eigenvalue weighted by Gasteiger charge is -2.32. The number of benzene rings is 3. The first-order valence-electron chi connectivity index (χ1n) is 14.3. The summed E-state index contributed by atoms with van der Waals surface area (Å²) in [6.45, 7) is 3.07. The van der Waals surface area contributed by atoms with Crippen molar-refractivity contribution in [1.82, 2.24) is 9.96 Å². The van der Waals surface area contributed by atoms with Crippen LogP contribution < -0.4 is 9.64 Å². The Morgan fingerprint density at radius 3 is 2.27 bits per heavy atom. The van der Waals surface area contributed by atoms with E-state index in [1.165, 1.54) is 24.3 Å². The van der Waals surface area contributed by atoms with E-state index in [0.717, 1.165) is 11.3 Å². The van der Waals surface area contributed by atoms with Crippen LogP contribution in [0.1, 0.15) is 37.7 Å². The first-order valence-corrected chi connectivity index (χ1v) is 14.3. The van der Waals surface area contributed by atoms with Crippen molar-refractivity contribution in [2.24, 2.45) is 11.8 Å². The molecule has 5 atom stereocenters. The topological polar surface area (TPSA) is 62.3 Å². The van der Waals surface area contributed by atoms with Crippen molar-refractivity contribution in [3.05, 3.63) is 96.3 Å². The zero-order valence-electron chi connectivity index (χ0n) is 23.9. The van der Waals surface area contributed by atoms with E-state index in [4.69, 9.17) is 9.57 Å². The van der Waals surface area contributed by atoms with E-state index >= 15 is 0 Å². The average molecular weight is 560 g/mol. The van der Waals surface area contributed by atoms with Gasteiger partial charge in [0.2, 0.25) is 5.91 Å². The Hall–Kier alpha value is -3.91. The van der Waals surface area contributed by atoms with Crippen molar-refractivity contribution >= 4 is 17.6 Å². The molecular weight excluding hydrogens is 521 g/mol. The van der Waals surface area contributed by atoms with E-state index < -0.39 is 0 Å². The van der Waals surface area contributed by atoms with Crippen LogP contribution in [0, 0.1) is 17.7 Å². The van der Waals surface area contributed by atoms with Gasteiger partial charge in [-0.3, -0.25) is 14.5 Å². The summed E-state index contributed by atoms with van der Waals surface area (Å²) in [6.07, 6.45) is 1.82. The molecule has 1 aliphatic carbocycles. The van der Waals surface area contributed by atoms with Gasteiger partial charge in [-0.2, -0.15) is 0 Å². The first-order chi connectivity index (χ1) is 19.9. The van der Waals surface area contributed by atoms with Crippen LogP contribution in [0.15, 0.2) is 84.9 Å². The molecule has 0 bridgehead atoms. The maximum Gasteiger partial charge on any atom is 0.325 e. The summed E-state index contributed by atoms with van der Waals surface area (Å²) >= 11 is 0. The molecule has 3 amide bonds. The van der Waals surface area contributed by atoms with Crippen molar-refractivity contribution in [3.8, 4) is 5.75 Å². The van der Waals surface area contributed by atoms with Gasteiger partial charge in [-0.25, -0.2) is 14.2 Å². The summed E-state index contributed by atoms with van der Waals surface area (Å²) < 4.78 is 19.8. The highest BCUT2D eigenvalue weighted by Crippen LogP contribution is 2.46. The highest BCUT2D eigenvalue weighted by Gasteiger charge is 2.52. The van der Waals surface area contributed by atoms with Gasteiger partial charge in [-0.1, -0.05) is 55.5 Å². The minimum atomic E-state index is -0.357. The van der Waals surface area contributed by atoms with Crippen molar-refractivity contribution in [2.75, 3.05) is 32.2 Å². The molecule has 1 heterocycles. The third-order valence-electron chi connectivity index (χ3n) is 8.68. The van der Waals surface area contributed by atoms with Crippen LogP contribution >= 0.6 is 0 Å². The number of amides is 3. The van der Waals surface area contributed by atoms with Gasteiger partial charge in [0.15, 0.2) is 0 Å². The molecule has 41 heavy (non-hydrogen) atoms. The van der Waals surface area contributed by atoms with Crippen LogP contribution in [0.2, 0.25) is 0 Å². The number of rotatable bonds is 9. The molecule has 3 aromatic rings. The number of urea groups is 1. The molecule has 5 rings (SSSR count). The Morgan fingerprint density at radius 2 is 1.61 bits per heavy atom. The number of hydrogen-bond acceptors (Lipinski definition) is 4. The number of ether oxygens (including phenoxy) is 1. The van der Waals surface area contributed by atoms with E-state index in [2.05, 4.69) is 19.1 Å². The standard InChI is InChI=1S/C33H38FN3O4/c1-23-28(24-11-6-4-7-12-24)21-31-30(22-29(23)32(38)35(2)40-3)36(19-10-20-41-27-13-8-5-9-14-27)33(39)37(31)26-17-15-25(34)16-18-26/h4-9,11-18,23,28-31H,10,19-22H2,1-3H3/t23-,28-,29+,30-,31+/m1/s1. The van der Waals surface area contributed by atoms with Crippen molar-refractivity contribution in [3.63, 3.8) is 0 Å². The summed E-state index contributed by atoms with van der Waals surface area (Å²) in [5, 5.41) is 1.30. The zero-order valence-corrected chi connectivity index (χ0v) is 23.9. The normalized spacial score (nSPS) is 24.1. The van der Waals surface area contributed by atoms with E-state index in [9.17, 15) is 14.0 Å². The number of carbonyl (C=O) groups is 2. The molecule has 1 saturated carbocycles. The fourth-order valence-electron chi connectivity index (χ4n) is 6.47. The lowest BCUT2D eigenvalue weighted by atomic mass is 9.77. The third-order valence-corrected chi connectivity index (χ3v) is 8.68. The molecule has 2 aliphatic rings. The summed E-state index contributed by atoms with van der Waals surface area (Å²) in [5.74, 6) is 0.0139. The van der Waals surface area contributed by atoms with Gasteiger partial charge in [-0.15, -0.1) is 0 Å². The van der Waals surface area contributed by atoms with E-state index in [1.54, 1.807) is 19.2 Å². The van der Waals surface area contributed by atoms with Crippen LogP contribution in [-0.2, 0) is 9.63 Å². The number of nitrogens with zero attached hydrogens (tertiary/aromatic N) is 3. The SMILES string of the molecule is CON(C)C(=O)[C@H]1C[C@@H]2[C@H](C[C@@H](c3ccccc3)[C@H]1C)N(c1ccc(F)cc1)C(=O)N2CCCOc1ccccc1. The van der Waals surface area contributed by atoms with Crippen LogP contribution in [-0.4, -0.2) is 61.3 Å². The molecule has 7 nitrogen and oxygen atoms in total. The van der Waals surface area contributed by atoms with Gasteiger partial charge in [0, 0.05) is 25.2 Å². The smallest absolute Gasteiger partial charge is 0.325 e. The molecule has 1 saturated heterocycles. The monoisotopic (exact) mass is 559 g/mol. The van der Waals surface area contributed by atoms with Gasteiger partial charge >= 0.3 is 6.03 Å². The average Bonchev–Trinajstić information content (AvgIpc) is 3.16. The molecule has 0 spiro atoms. The van der Waals surface area contributed by atoms with Gasteiger partial charge < -0.3 is 9.64 Å². The minimum absolute atomic E-state index is 0.00142. The lowest BCUT2D eigenvalue weighted by molar-refractivity contribution is -0.175. The largest absolute Gasteiger partial charge is 0.494 e. The van der Waals surface area contributed by atoms with Crippen LogP contribution in [0.5, 0.6) is 5.75 Å². The summed E-state index contributed by atoms with van der Waals surface area (Å²) in [7, 11) is 3.13. The first kappa shape index (κ1) is 28.6. The van der Waals surface area contributed by atoms with E-state index in [-0.39, 0.29) is 47.6 Å². The number of para-hydroxylation sites is 1. The number of fused-ring (bicyclic) bond motifs is 1. The summed E-state index contributed by atoms with van der Waals surface area (Å²) in [5.41, 5.74) is 1.80. The summed E-state index contributed by atoms with van der Waals surface area (Å²) in [4.78, 5) is 36.8. The zero-order chi connectivity index (χ0) is 28.9. The fourth-order valence-corrected chi connectivity index (χ4v) is 6.47. The lowest BCUT2D eigenvalue weighted by Crippen LogP contribution is -2.42. The number of hydroxylamine groups is 2. The maximum atomic E-state index is 14.1. The highest BCUT2D eigenvalue weighted by atomic mass is 19.1. The molecule has 0 N–H and O–H groups in total. The van der Waals surface area contributed by atoms with Gasteiger partial charge in [0.05, 0.1) is 25.8 Å². The Bertz CT molecular complexity index is 1310. The third kappa shape index (κ3) is 6.07. The Balaban J connectivity index is 1.49. The van der Waals surface area contributed by atoms with E-state index in [0.29, 0.717) is 38.1 Å².